The summed E-state index contributed by atoms with van der Waals surface area (Å²) in [5.41, 5.74) is 0. The summed E-state index contributed by atoms with van der Waals surface area (Å²) < 4.78 is 4.46. The highest BCUT2D eigenvalue weighted by Crippen LogP contribution is 2.07. The van der Waals surface area contributed by atoms with E-state index >= 15 is 0 Å². The molecule has 0 spiro atoms. The maximum absolute atomic E-state index is 9.65. The Balaban J connectivity index is 2.79. The quantitative estimate of drug-likeness (QED) is 0.405. The fourth-order valence-electron chi connectivity index (χ4n) is 1.19. The molecular weight excluding hydrogens is 188 g/mol. The summed E-state index contributed by atoms with van der Waals surface area (Å²) >= 11 is 5.55. The van der Waals surface area contributed by atoms with E-state index in [1.807, 2.05) is 0 Å². The summed E-state index contributed by atoms with van der Waals surface area (Å²) in [6, 6.07) is 0. The summed E-state index contributed by atoms with van der Waals surface area (Å²) in [7, 11) is 0. The number of halogens is 1. The number of hydrogen-bond donors (Lipinski definition) is 0. The zero-order valence-electron chi connectivity index (χ0n) is 8.06. The highest BCUT2D eigenvalue weighted by molar-refractivity contribution is 6.17. The van der Waals surface area contributed by atoms with Crippen molar-refractivity contribution in [3.63, 3.8) is 0 Å². The molecule has 0 atom stereocenters. The minimum Gasteiger partial charge on any atom is -0.457 e. The zero-order valence-corrected chi connectivity index (χ0v) is 8.81. The molecule has 0 unspecified atom stereocenters. The van der Waals surface area contributed by atoms with E-state index in [-0.39, 0.29) is 0 Å². The fourth-order valence-corrected chi connectivity index (χ4v) is 1.38. The topological polar surface area (TPSA) is 26.3 Å². The van der Waals surface area contributed by atoms with E-state index in [0.717, 1.165) is 25.1 Å². The fraction of sp³-hybridized carbons (Fsp3) is 0.900. The van der Waals surface area contributed by atoms with Crippen LogP contribution in [0.5, 0.6) is 0 Å². The third-order valence-electron chi connectivity index (χ3n) is 1.94. The van der Waals surface area contributed by atoms with Gasteiger partial charge in [-0.3, -0.25) is 0 Å². The van der Waals surface area contributed by atoms with Gasteiger partial charge in [0.1, 0.15) is 0 Å². The van der Waals surface area contributed by atoms with Gasteiger partial charge in [-0.05, 0) is 12.8 Å². The number of carbonyl (C=O) groups excluding carboxylic acids is 1. The molecule has 77 valence electrons. The van der Waals surface area contributed by atoms with Crippen molar-refractivity contribution in [2.24, 2.45) is 0 Å². The van der Waals surface area contributed by atoms with E-state index in [2.05, 4.69) is 4.74 Å². The van der Waals surface area contributed by atoms with Crippen LogP contribution in [0.1, 0.15) is 44.9 Å². The largest absolute Gasteiger partial charge is 0.457 e. The van der Waals surface area contributed by atoms with Crippen molar-refractivity contribution in [2.45, 2.75) is 44.9 Å². The second-order valence-corrected chi connectivity index (χ2v) is 3.47. The molecule has 0 bridgehead atoms. The lowest BCUT2D eigenvalue weighted by Crippen LogP contribution is -1.91. The van der Waals surface area contributed by atoms with E-state index in [4.69, 9.17) is 11.6 Å². The minimum atomic E-state index is 0.519. The van der Waals surface area contributed by atoms with Crippen LogP contribution in [-0.2, 0) is 9.53 Å². The summed E-state index contributed by atoms with van der Waals surface area (Å²) in [4.78, 5) is 9.65. The number of hydrogen-bond acceptors (Lipinski definition) is 2. The number of unbranched alkanes of at least 4 members (excludes halogenated alkanes) is 6. The standard InChI is InChI=1S/C10H18ClO2/c11-8-6-4-2-1-3-5-7-9-13-10-12/h1-9H2. The van der Waals surface area contributed by atoms with Gasteiger partial charge in [-0.2, -0.15) is 0 Å². The zero-order chi connectivity index (χ0) is 9.78. The van der Waals surface area contributed by atoms with Gasteiger partial charge in [-0.1, -0.05) is 32.1 Å². The Kier molecular flexibility index (Phi) is 11.5. The first-order valence-corrected chi connectivity index (χ1v) is 5.50. The monoisotopic (exact) mass is 205 g/mol. The molecule has 0 aliphatic heterocycles. The summed E-state index contributed by atoms with van der Waals surface area (Å²) in [6.07, 6.45) is 8.24. The molecule has 2 nitrogen and oxygen atoms in total. The molecular formula is C10H18ClO2. The summed E-state index contributed by atoms with van der Waals surface area (Å²) in [5.74, 6) is 0.781. The predicted octanol–water partition coefficient (Wildman–Crippen LogP) is 3.04. The normalized spacial score (nSPS) is 9.92. The Labute approximate surface area is 85.6 Å². The molecule has 0 aliphatic carbocycles. The van der Waals surface area contributed by atoms with Gasteiger partial charge in [-0.25, -0.2) is 4.79 Å². The van der Waals surface area contributed by atoms with Crippen LogP contribution >= 0.6 is 11.6 Å². The molecule has 0 amide bonds. The van der Waals surface area contributed by atoms with Crippen LogP contribution < -0.4 is 0 Å². The smallest absolute Gasteiger partial charge is 0.417 e. The van der Waals surface area contributed by atoms with Crippen molar-refractivity contribution in [3.8, 4) is 0 Å². The van der Waals surface area contributed by atoms with Crippen molar-refractivity contribution in [2.75, 3.05) is 12.5 Å². The molecule has 1 radical (unpaired) electrons. The lowest BCUT2D eigenvalue weighted by atomic mass is 10.1. The van der Waals surface area contributed by atoms with Crippen molar-refractivity contribution in [1.29, 1.82) is 0 Å². The van der Waals surface area contributed by atoms with Crippen molar-refractivity contribution < 1.29 is 9.53 Å². The summed E-state index contributed by atoms with van der Waals surface area (Å²) in [6.45, 7) is 1.94. The van der Waals surface area contributed by atoms with Gasteiger partial charge in [0.05, 0.1) is 6.61 Å². The number of alkyl halides is 1. The van der Waals surface area contributed by atoms with Gasteiger partial charge >= 0.3 is 6.47 Å². The van der Waals surface area contributed by atoms with Gasteiger partial charge in [0, 0.05) is 5.88 Å². The Morgan fingerprint density at radius 2 is 1.46 bits per heavy atom. The van der Waals surface area contributed by atoms with Gasteiger partial charge < -0.3 is 4.74 Å². The van der Waals surface area contributed by atoms with Crippen LogP contribution in [0.2, 0.25) is 0 Å². The second kappa shape index (κ2) is 11.8. The first-order chi connectivity index (χ1) is 6.41. The second-order valence-electron chi connectivity index (χ2n) is 3.10. The van der Waals surface area contributed by atoms with E-state index in [1.165, 1.54) is 32.2 Å². The van der Waals surface area contributed by atoms with Crippen molar-refractivity contribution in [1.82, 2.24) is 0 Å². The molecule has 13 heavy (non-hydrogen) atoms. The van der Waals surface area contributed by atoms with Gasteiger partial charge in [0.2, 0.25) is 0 Å². The lowest BCUT2D eigenvalue weighted by molar-refractivity contribution is 0.268. The molecule has 0 aromatic carbocycles. The lowest BCUT2D eigenvalue weighted by Gasteiger charge is -1.99. The first kappa shape index (κ1) is 12.8. The Bertz CT molecular complexity index is 107. The Morgan fingerprint density at radius 3 is 2.00 bits per heavy atom. The molecule has 0 fully saturated rings. The van der Waals surface area contributed by atoms with Gasteiger partial charge in [0.25, 0.3) is 0 Å². The van der Waals surface area contributed by atoms with Crippen LogP contribution in [-0.4, -0.2) is 19.0 Å². The van der Waals surface area contributed by atoms with E-state index < -0.39 is 0 Å². The van der Waals surface area contributed by atoms with Crippen molar-refractivity contribution >= 4 is 18.1 Å². The average Bonchev–Trinajstić information content (AvgIpc) is 2.16. The van der Waals surface area contributed by atoms with Crippen LogP contribution in [0, 0.1) is 0 Å². The van der Waals surface area contributed by atoms with E-state index in [1.54, 1.807) is 0 Å². The van der Waals surface area contributed by atoms with Gasteiger partial charge in [0.15, 0.2) is 0 Å². The van der Waals surface area contributed by atoms with E-state index in [0.29, 0.717) is 6.61 Å². The molecule has 0 rings (SSSR count). The maximum atomic E-state index is 9.65. The van der Waals surface area contributed by atoms with Crippen LogP contribution in [0.25, 0.3) is 0 Å². The van der Waals surface area contributed by atoms with Crippen LogP contribution in [0.15, 0.2) is 0 Å². The number of ether oxygens (including phenoxy) is 1. The third kappa shape index (κ3) is 11.8. The molecule has 0 aromatic heterocycles. The maximum Gasteiger partial charge on any atom is 0.417 e. The SMILES string of the molecule is O=[C]OCCCCCCCCCCl. The Hall–Kier alpha value is -0.240. The highest BCUT2D eigenvalue weighted by atomic mass is 35.5. The molecule has 0 heterocycles. The summed E-state index contributed by atoms with van der Waals surface area (Å²) in [5, 5.41) is 0. The first-order valence-electron chi connectivity index (χ1n) is 4.96. The van der Waals surface area contributed by atoms with E-state index in [9.17, 15) is 4.79 Å². The third-order valence-corrected chi connectivity index (χ3v) is 2.21. The van der Waals surface area contributed by atoms with Gasteiger partial charge in [-0.15, -0.1) is 11.6 Å². The minimum absolute atomic E-state index is 0.519. The van der Waals surface area contributed by atoms with Crippen molar-refractivity contribution in [3.05, 3.63) is 0 Å². The number of rotatable bonds is 10. The Morgan fingerprint density at radius 1 is 0.923 bits per heavy atom. The molecule has 3 heteroatoms. The highest BCUT2D eigenvalue weighted by Gasteiger charge is 1.91. The molecule has 0 aromatic rings. The van der Waals surface area contributed by atoms with Crippen LogP contribution in [0.4, 0.5) is 0 Å². The molecule has 0 aliphatic rings. The molecule has 0 saturated heterocycles. The molecule has 0 saturated carbocycles. The van der Waals surface area contributed by atoms with Crippen LogP contribution in [0.3, 0.4) is 0 Å². The average molecular weight is 206 g/mol. The predicted molar refractivity (Wildman–Crippen MR) is 54.7 cm³/mol. The molecule has 0 N–H and O–H groups in total.